The maximum atomic E-state index is 13.9. The van der Waals surface area contributed by atoms with Gasteiger partial charge in [-0.15, -0.1) is 0 Å². The number of aromatic nitrogens is 5. The SMILES string of the molecule is Cc1ccnn2nc(C3CC3)c(C(=O)N3CCc4c(nn(C)c4-c4cc(F)c(F)c(F)c4)C3)c12. The largest absolute Gasteiger partial charge is 0.332 e. The third-order valence-electron chi connectivity index (χ3n) is 6.69. The molecule has 1 fully saturated rings. The topological polar surface area (TPSA) is 68.3 Å². The van der Waals surface area contributed by atoms with Gasteiger partial charge in [0.05, 0.1) is 29.2 Å². The van der Waals surface area contributed by atoms with E-state index >= 15 is 0 Å². The van der Waals surface area contributed by atoms with Crippen molar-refractivity contribution < 1.29 is 18.0 Å². The fourth-order valence-electron chi connectivity index (χ4n) is 4.91. The van der Waals surface area contributed by atoms with E-state index in [1.165, 1.54) is 4.68 Å². The summed E-state index contributed by atoms with van der Waals surface area (Å²) in [4.78, 5) is 15.5. The number of fused-ring (bicyclic) bond motifs is 2. The zero-order chi connectivity index (χ0) is 23.7. The van der Waals surface area contributed by atoms with Gasteiger partial charge in [-0.25, -0.2) is 13.2 Å². The minimum absolute atomic E-state index is 0.121. The average molecular weight is 466 g/mol. The average Bonchev–Trinajstić information content (AvgIpc) is 3.49. The summed E-state index contributed by atoms with van der Waals surface area (Å²) in [6.45, 7) is 2.61. The summed E-state index contributed by atoms with van der Waals surface area (Å²) in [5.74, 6) is -3.85. The molecule has 1 aliphatic carbocycles. The Morgan fingerprint density at radius 1 is 1.12 bits per heavy atom. The van der Waals surface area contributed by atoms with E-state index in [0.29, 0.717) is 29.9 Å². The van der Waals surface area contributed by atoms with E-state index in [4.69, 9.17) is 0 Å². The van der Waals surface area contributed by atoms with Crippen molar-refractivity contribution in [3.05, 3.63) is 69.9 Å². The molecule has 4 aromatic rings. The second-order valence-electron chi connectivity index (χ2n) is 9.01. The highest BCUT2D eigenvalue weighted by Crippen LogP contribution is 2.43. The molecular weight excluding hydrogens is 445 g/mol. The molecule has 174 valence electrons. The normalized spacial score (nSPS) is 15.7. The van der Waals surface area contributed by atoms with Crippen LogP contribution in [0, 0.1) is 24.4 Å². The zero-order valence-corrected chi connectivity index (χ0v) is 18.6. The van der Waals surface area contributed by atoms with E-state index in [9.17, 15) is 18.0 Å². The summed E-state index contributed by atoms with van der Waals surface area (Å²) in [5.41, 5.74) is 5.23. The number of hydrogen-bond acceptors (Lipinski definition) is 4. The first-order chi connectivity index (χ1) is 16.3. The summed E-state index contributed by atoms with van der Waals surface area (Å²) in [7, 11) is 1.67. The molecule has 1 saturated carbocycles. The number of amides is 1. The molecule has 1 aliphatic heterocycles. The van der Waals surface area contributed by atoms with Crippen molar-refractivity contribution in [3.8, 4) is 11.3 Å². The van der Waals surface area contributed by atoms with Gasteiger partial charge in [0.15, 0.2) is 17.5 Å². The summed E-state index contributed by atoms with van der Waals surface area (Å²) >= 11 is 0. The van der Waals surface area contributed by atoms with Gasteiger partial charge in [0, 0.05) is 36.8 Å². The van der Waals surface area contributed by atoms with Crippen molar-refractivity contribution >= 4 is 11.4 Å². The Morgan fingerprint density at radius 2 is 1.85 bits per heavy atom. The second kappa shape index (κ2) is 7.41. The number of carbonyl (C=O) groups excluding carboxylic acids is 1. The van der Waals surface area contributed by atoms with Crippen molar-refractivity contribution in [2.24, 2.45) is 7.05 Å². The van der Waals surface area contributed by atoms with Crippen LogP contribution >= 0.6 is 0 Å². The van der Waals surface area contributed by atoms with Crippen LogP contribution < -0.4 is 0 Å². The predicted octanol–water partition coefficient (Wildman–Crippen LogP) is 3.93. The van der Waals surface area contributed by atoms with Crippen molar-refractivity contribution in [2.45, 2.75) is 38.6 Å². The number of hydrogen-bond donors (Lipinski definition) is 0. The third kappa shape index (κ3) is 3.12. The van der Waals surface area contributed by atoms with Gasteiger partial charge in [0.25, 0.3) is 5.91 Å². The molecule has 3 aromatic heterocycles. The minimum atomic E-state index is -1.50. The Kier molecular flexibility index (Phi) is 4.55. The number of halogens is 3. The summed E-state index contributed by atoms with van der Waals surface area (Å²) in [6, 6.07) is 3.82. The van der Waals surface area contributed by atoms with Gasteiger partial charge in [-0.2, -0.15) is 19.9 Å². The first-order valence-corrected chi connectivity index (χ1v) is 11.2. The van der Waals surface area contributed by atoms with Gasteiger partial charge in [-0.3, -0.25) is 9.48 Å². The third-order valence-corrected chi connectivity index (χ3v) is 6.69. The van der Waals surface area contributed by atoms with Crippen LogP contribution in [-0.2, 0) is 20.0 Å². The van der Waals surface area contributed by atoms with Crippen LogP contribution in [0.3, 0.4) is 0 Å². The Bertz CT molecular complexity index is 1460. The summed E-state index contributed by atoms with van der Waals surface area (Å²) in [5, 5.41) is 13.4. The van der Waals surface area contributed by atoms with Crippen LogP contribution in [0.2, 0.25) is 0 Å². The van der Waals surface area contributed by atoms with E-state index in [0.717, 1.165) is 47.3 Å². The monoisotopic (exact) mass is 466 g/mol. The molecule has 4 heterocycles. The maximum Gasteiger partial charge on any atom is 0.258 e. The molecule has 0 radical (unpaired) electrons. The lowest BCUT2D eigenvalue weighted by atomic mass is 9.98. The molecule has 0 N–H and O–H groups in total. The van der Waals surface area contributed by atoms with Crippen molar-refractivity contribution in [2.75, 3.05) is 6.54 Å². The quantitative estimate of drug-likeness (QED) is 0.429. The van der Waals surface area contributed by atoms with Gasteiger partial charge < -0.3 is 4.90 Å². The lowest BCUT2D eigenvalue weighted by molar-refractivity contribution is 0.0733. The second-order valence-corrected chi connectivity index (χ2v) is 9.01. The van der Waals surface area contributed by atoms with Crippen LogP contribution in [0.1, 0.15) is 51.6 Å². The smallest absolute Gasteiger partial charge is 0.258 e. The van der Waals surface area contributed by atoms with E-state index in [-0.39, 0.29) is 23.9 Å². The summed E-state index contributed by atoms with van der Waals surface area (Å²) < 4.78 is 44.3. The first-order valence-electron chi connectivity index (χ1n) is 11.2. The molecule has 2 aliphatic rings. The number of rotatable bonds is 3. The van der Waals surface area contributed by atoms with Crippen LogP contribution in [0.5, 0.6) is 0 Å². The molecule has 0 atom stereocenters. The standard InChI is InChI=1S/C24H21F3N6O/c1-12-5-7-28-33-22(12)19(21(30-33)13-3-4-13)24(34)32-8-6-15-18(11-32)29-31(2)23(15)14-9-16(25)20(27)17(26)10-14/h5,7,9-10,13H,3-4,6,8,11H2,1-2H3. The number of aryl methyl sites for hydroxylation is 2. The minimum Gasteiger partial charge on any atom is -0.332 e. The van der Waals surface area contributed by atoms with Gasteiger partial charge in [0.1, 0.15) is 5.52 Å². The molecule has 1 amide bonds. The van der Waals surface area contributed by atoms with Crippen LogP contribution in [-0.4, -0.2) is 42.0 Å². The van der Waals surface area contributed by atoms with Gasteiger partial charge in [-0.1, -0.05) is 0 Å². The fourth-order valence-corrected chi connectivity index (χ4v) is 4.91. The molecule has 0 bridgehead atoms. The molecule has 7 nitrogen and oxygen atoms in total. The molecule has 0 saturated heterocycles. The molecule has 0 spiro atoms. The predicted molar refractivity (Wildman–Crippen MR) is 117 cm³/mol. The highest BCUT2D eigenvalue weighted by molar-refractivity contribution is 6.03. The van der Waals surface area contributed by atoms with E-state index in [1.807, 2.05) is 13.0 Å². The van der Waals surface area contributed by atoms with Crippen molar-refractivity contribution in [1.82, 2.24) is 29.5 Å². The Morgan fingerprint density at radius 3 is 2.56 bits per heavy atom. The maximum absolute atomic E-state index is 13.9. The molecule has 34 heavy (non-hydrogen) atoms. The fraction of sp³-hybridized carbons (Fsp3) is 0.333. The van der Waals surface area contributed by atoms with E-state index < -0.39 is 17.5 Å². The van der Waals surface area contributed by atoms with Crippen LogP contribution in [0.15, 0.2) is 24.4 Å². The Labute approximate surface area is 192 Å². The van der Waals surface area contributed by atoms with E-state index in [1.54, 1.807) is 22.8 Å². The first kappa shape index (κ1) is 20.9. The van der Waals surface area contributed by atoms with Crippen molar-refractivity contribution in [1.29, 1.82) is 0 Å². The molecular formula is C24H21F3N6O. The highest BCUT2D eigenvalue weighted by Gasteiger charge is 2.36. The molecule has 1 aromatic carbocycles. The van der Waals surface area contributed by atoms with Gasteiger partial charge in [-0.05, 0) is 49.9 Å². The molecule has 10 heteroatoms. The Balaban J connectivity index is 1.38. The molecule has 0 unspecified atom stereocenters. The highest BCUT2D eigenvalue weighted by atomic mass is 19.2. The zero-order valence-electron chi connectivity index (χ0n) is 18.6. The number of carbonyl (C=O) groups is 1. The summed E-state index contributed by atoms with van der Waals surface area (Å²) in [6.07, 6.45) is 4.13. The van der Waals surface area contributed by atoms with E-state index in [2.05, 4.69) is 15.3 Å². The van der Waals surface area contributed by atoms with Gasteiger partial charge in [0.2, 0.25) is 0 Å². The van der Waals surface area contributed by atoms with Crippen LogP contribution in [0.4, 0.5) is 13.2 Å². The lowest BCUT2D eigenvalue weighted by Gasteiger charge is -2.27. The van der Waals surface area contributed by atoms with Gasteiger partial charge >= 0.3 is 0 Å². The number of benzene rings is 1. The van der Waals surface area contributed by atoms with Crippen molar-refractivity contribution in [3.63, 3.8) is 0 Å². The molecule has 6 rings (SSSR count). The van der Waals surface area contributed by atoms with Crippen LogP contribution in [0.25, 0.3) is 16.8 Å². The lowest BCUT2D eigenvalue weighted by Crippen LogP contribution is -2.36. The number of nitrogens with zero attached hydrogens (tertiary/aromatic N) is 6. The Hall–Kier alpha value is -3.69.